The van der Waals surface area contributed by atoms with Crippen LogP contribution in [-0.2, 0) is 10.2 Å². The zero-order chi connectivity index (χ0) is 22.0. The van der Waals surface area contributed by atoms with E-state index in [9.17, 15) is 4.79 Å². The Kier molecular flexibility index (Phi) is 7.04. The van der Waals surface area contributed by atoms with E-state index in [0.29, 0.717) is 18.5 Å². The molecule has 1 aromatic rings. The van der Waals surface area contributed by atoms with Gasteiger partial charge in [-0.15, -0.1) is 0 Å². The van der Waals surface area contributed by atoms with Gasteiger partial charge in [0.25, 0.3) is 0 Å². The number of hydrogen-bond acceptors (Lipinski definition) is 4. The minimum atomic E-state index is 0.166. The fraction of sp³-hybridized carbons (Fsp3) is 0.731. The van der Waals surface area contributed by atoms with Crippen LogP contribution in [0.2, 0.25) is 0 Å². The maximum absolute atomic E-state index is 13.2. The van der Waals surface area contributed by atoms with Crippen LogP contribution in [-0.4, -0.2) is 91.0 Å². The third-order valence-corrected chi connectivity index (χ3v) is 7.62. The van der Waals surface area contributed by atoms with Crippen LogP contribution >= 0.6 is 0 Å². The number of piperidine rings is 1. The molecule has 0 N–H and O–H groups in total. The van der Waals surface area contributed by atoms with Crippen LogP contribution in [0.4, 0.5) is 0 Å². The molecular formula is C26H42N4O. The normalized spacial score (nSPS) is 27.0. The lowest BCUT2D eigenvalue weighted by atomic mass is 9.86. The lowest BCUT2D eigenvalue weighted by Crippen LogP contribution is -2.55. The monoisotopic (exact) mass is 426 g/mol. The number of amides is 1. The summed E-state index contributed by atoms with van der Waals surface area (Å²) in [7, 11) is 2.24. The van der Waals surface area contributed by atoms with Crippen molar-refractivity contribution in [2.24, 2.45) is 0 Å². The van der Waals surface area contributed by atoms with Crippen LogP contribution in [0.5, 0.6) is 0 Å². The Labute approximate surface area is 189 Å². The third kappa shape index (κ3) is 5.50. The first-order valence-electron chi connectivity index (χ1n) is 12.4. The summed E-state index contributed by atoms with van der Waals surface area (Å²) >= 11 is 0. The molecule has 3 fully saturated rings. The number of rotatable bonds is 4. The third-order valence-electron chi connectivity index (χ3n) is 7.62. The number of piperazine rings is 1. The standard InChI is InChI=1S/C26H42N4O/c1-26(2,3)22-11-9-21(10-12-22)24-8-6-14-30(24)25(31)20-28-15-17-29(18-16-28)23-7-5-13-27(4)19-23/h9-12,23-24H,5-8,13-20H2,1-4H3. The van der Waals surface area contributed by atoms with Gasteiger partial charge in [0, 0.05) is 45.3 Å². The first kappa shape index (κ1) is 22.8. The zero-order valence-electron chi connectivity index (χ0n) is 20.1. The minimum absolute atomic E-state index is 0.166. The maximum Gasteiger partial charge on any atom is 0.237 e. The van der Waals surface area contributed by atoms with Gasteiger partial charge >= 0.3 is 0 Å². The van der Waals surface area contributed by atoms with Crippen LogP contribution < -0.4 is 0 Å². The van der Waals surface area contributed by atoms with Crippen molar-refractivity contribution in [3.63, 3.8) is 0 Å². The molecule has 0 radical (unpaired) electrons. The van der Waals surface area contributed by atoms with Gasteiger partial charge in [-0.1, -0.05) is 45.0 Å². The average molecular weight is 427 g/mol. The summed E-state index contributed by atoms with van der Waals surface area (Å²) in [5.41, 5.74) is 2.82. The molecule has 3 aliphatic rings. The first-order chi connectivity index (χ1) is 14.8. The Balaban J connectivity index is 1.30. The predicted molar refractivity (Wildman–Crippen MR) is 127 cm³/mol. The van der Waals surface area contributed by atoms with Crippen molar-refractivity contribution >= 4 is 5.91 Å². The smallest absolute Gasteiger partial charge is 0.237 e. The van der Waals surface area contributed by atoms with Crippen LogP contribution in [0, 0.1) is 0 Å². The van der Waals surface area contributed by atoms with Crippen LogP contribution in [0.25, 0.3) is 0 Å². The van der Waals surface area contributed by atoms with Crippen molar-refractivity contribution < 1.29 is 4.79 Å². The van der Waals surface area contributed by atoms with Crippen molar-refractivity contribution in [3.8, 4) is 0 Å². The van der Waals surface area contributed by atoms with Crippen molar-refractivity contribution in [1.82, 2.24) is 19.6 Å². The second-order valence-electron chi connectivity index (χ2n) is 11.0. The van der Waals surface area contributed by atoms with Crippen LogP contribution in [0.3, 0.4) is 0 Å². The number of benzene rings is 1. The van der Waals surface area contributed by atoms with Gasteiger partial charge < -0.3 is 9.80 Å². The highest BCUT2D eigenvalue weighted by Crippen LogP contribution is 2.33. The molecule has 2 atom stereocenters. The molecule has 172 valence electrons. The molecule has 1 aromatic carbocycles. The van der Waals surface area contributed by atoms with Crippen molar-refractivity contribution in [2.75, 3.05) is 59.4 Å². The summed E-state index contributed by atoms with van der Waals surface area (Å²) in [6.07, 6.45) is 4.84. The SMILES string of the molecule is CN1CCCC(N2CCN(CC(=O)N3CCCC3c3ccc(C(C)(C)C)cc3)CC2)C1. The molecule has 31 heavy (non-hydrogen) atoms. The first-order valence-corrected chi connectivity index (χ1v) is 12.4. The zero-order valence-corrected chi connectivity index (χ0v) is 20.1. The number of nitrogens with zero attached hydrogens (tertiary/aromatic N) is 4. The molecule has 0 aromatic heterocycles. The van der Waals surface area contributed by atoms with Crippen LogP contribution in [0.1, 0.15) is 63.6 Å². The van der Waals surface area contributed by atoms with E-state index in [4.69, 9.17) is 0 Å². The van der Waals surface area contributed by atoms with E-state index >= 15 is 0 Å². The molecule has 3 saturated heterocycles. The Hall–Kier alpha value is -1.43. The molecule has 3 heterocycles. The van der Waals surface area contributed by atoms with E-state index in [1.165, 1.54) is 37.1 Å². The highest BCUT2D eigenvalue weighted by atomic mass is 16.2. The fourth-order valence-electron chi connectivity index (χ4n) is 5.62. The van der Waals surface area contributed by atoms with Gasteiger partial charge in [-0.25, -0.2) is 0 Å². The molecule has 1 amide bonds. The molecule has 0 aliphatic carbocycles. The molecule has 3 aliphatic heterocycles. The van der Waals surface area contributed by atoms with Gasteiger partial charge in [-0.05, 0) is 55.8 Å². The summed E-state index contributed by atoms with van der Waals surface area (Å²) in [4.78, 5) is 22.9. The van der Waals surface area contributed by atoms with Crippen molar-refractivity contribution in [2.45, 2.75) is 64.0 Å². The van der Waals surface area contributed by atoms with E-state index in [1.54, 1.807) is 0 Å². The van der Waals surface area contributed by atoms with E-state index in [1.807, 2.05) is 0 Å². The summed E-state index contributed by atoms with van der Waals surface area (Å²) in [5.74, 6) is 0.313. The number of likely N-dealkylation sites (N-methyl/N-ethyl adjacent to an activating group) is 1. The highest BCUT2D eigenvalue weighted by molar-refractivity contribution is 5.79. The predicted octanol–water partition coefficient (Wildman–Crippen LogP) is 3.36. The Morgan fingerprint density at radius 2 is 1.61 bits per heavy atom. The number of likely N-dealkylation sites (tertiary alicyclic amines) is 2. The molecule has 0 bridgehead atoms. The molecule has 5 nitrogen and oxygen atoms in total. The molecule has 2 unspecified atom stereocenters. The van der Waals surface area contributed by atoms with Gasteiger partial charge in [0.15, 0.2) is 0 Å². The van der Waals surface area contributed by atoms with Gasteiger partial charge in [0.1, 0.15) is 0 Å². The largest absolute Gasteiger partial charge is 0.335 e. The molecule has 0 spiro atoms. The summed E-state index contributed by atoms with van der Waals surface area (Å²) in [6, 6.07) is 9.94. The van der Waals surface area contributed by atoms with Gasteiger partial charge in [-0.3, -0.25) is 14.6 Å². The van der Waals surface area contributed by atoms with Gasteiger partial charge in [0.05, 0.1) is 12.6 Å². The number of carbonyl (C=O) groups excluding carboxylic acids is 1. The molecule has 0 saturated carbocycles. The second-order valence-corrected chi connectivity index (χ2v) is 11.0. The topological polar surface area (TPSA) is 30.0 Å². The Morgan fingerprint density at radius 3 is 2.26 bits per heavy atom. The Morgan fingerprint density at radius 1 is 0.935 bits per heavy atom. The summed E-state index contributed by atoms with van der Waals surface area (Å²) in [5, 5.41) is 0. The minimum Gasteiger partial charge on any atom is -0.335 e. The summed E-state index contributed by atoms with van der Waals surface area (Å²) < 4.78 is 0. The lowest BCUT2D eigenvalue weighted by molar-refractivity contribution is -0.133. The van der Waals surface area contributed by atoms with E-state index < -0.39 is 0 Å². The summed E-state index contributed by atoms with van der Waals surface area (Å²) in [6.45, 7) is 14.9. The molecule has 5 heteroatoms. The van der Waals surface area contributed by atoms with Gasteiger partial charge in [0.2, 0.25) is 5.91 Å². The molecule has 4 rings (SSSR count). The van der Waals surface area contributed by atoms with E-state index in [-0.39, 0.29) is 11.5 Å². The fourth-order valence-corrected chi connectivity index (χ4v) is 5.62. The number of hydrogen-bond donors (Lipinski definition) is 0. The Bertz CT molecular complexity index is 733. The number of carbonyl (C=O) groups is 1. The highest BCUT2D eigenvalue weighted by Gasteiger charge is 2.32. The van der Waals surface area contributed by atoms with Crippen molar-refractivity contribution in [1.29, 1.82) is 0 Å². The van der Waals surface area contributed by atoms with Crippen molar-refractivity contribution in [3.05, 3.63) is 35.4 Å². The molecular weight excluding hydrogens is 384 g/mol. The maximum atomic E-state index is 13.2. The van der Waals surface area contributed by atoms with Gasteiger partial charge in [-0.2, -0.15) is 0 Å². The van der Waals surface area contributed by atoms with E-state index in [0.717, 1.165) is 45.6 Å². The van der Waals surface area contributed by atoms with E-state index in [2.05, 4.69) is 71.7 Å². The lowest BCUT2D eigenvalue weighted by Gasteiger charge is -2.42. The van der Waals surface area contributed by atoms with Crippen LogP contribution in [0.15, 0.2) is 24.3 Å². The quantitative estimate of drug-likeness (QED) is 0.739. The second kappa shape index (κ2) is 9.60. The average Bonchev–Trinajstić information content (AvgIpc) is 3.24.